The molecule has 24 heavy (non-hydrogen) atoms. The highest BCUT2D eigenvalue weighted by molar-refractivity contribution is 6.30. The van der Waals surface area contributed by atoms with Crippen LogP contribution >= 0.6 is 11.6 Å². The molecule has 0 spiro atoms. The Morgan fingerprint density at radius 1 is 1.33 bits per heavy atom. The zero-order valence-electron chi connectivity index (χ0n) is 13.7. The number of hydrogen-bond donors (Lipinski definition) is 0. The Bertz CT molecular complexity index is 883. The lowest BCUT2D eigenvalue weighted by Crippen LogP contribution is -1.98. The molecule has 3 aromatic rings. The van der Waals surface area contributed by atoms with Crippen LogP contribution < -0.4 is 4.74 Å². The smallest absolute Gasteiger partial charge is 0.250 e. The van der Waals surface area contributed by atoms with Crippen molar-refractivity contribution in [3.8, 4) is 17.1 Å². The molecule has 0 aliphatic rings. The quantitative estimate of drug-likeness (QED) is 0.697. The number of aromatic nitrogens is 4. The first-order valence-corrected chi connectivity index (χ1v) is 7.88. The molecule has 0 bridgehead atoms. The lowest BCUT2D eigenvalue weighted by molar-refractivity contribution is 0.406. The first kappa shape index (κ1) is 16.3. The normalized spacial score (nSPS) is 11.3. The van der Waals surface area contributed by atoms with Gasteiger partial charge in [-0.3, -0.25) is 4.68 Å². The Kier molecular flexibility index (Phi) is 4.66. The molecule has 124 valence electrons. The maximum absolute atomic E-state index is 6.04. The third-order valence-electron chi connectivity index (χ3n) is 3.69. The van der Waals surface area contributed by atoms with E-state index in [9.17, 15) is 0 Å². The maximum Gasteiger partial charge on any atom is 0.250 e. The van der Waals surface area contributed by atoms with E-state index in [0.29, 0.717) is 28.1 Å². The molecule has 0 aliphatic heterocycles. The fraction of sp³-hybridized carbons (Fsp3) is 0.235. The van der Waals surface area contributed by atoms with Gasteiger partial charge < -0.3 is 9.26 Å². The molecule has 0 atom stereocenters. The Morgan fingerprint density at radius 3 is 2.88 bits per heavy atom. The fourth-order valence-electron chi connectivity index (χ4n) is 2.37. The topological polar surface area (TPSA) is 66.0 Å². The molecular weight excluding hydrogens is 328 g/mol. The lowest BCUT2D eigenvalue weighted by atomic mass is 10.2. The van der Waals surface area contributed by atoms with Crippen LogP contribution in [0.3, 0.4) is 0 Å². The average molecular weight is 345 g/mol. The van der Waals surface area contributed by atoms with Gasteiger partial charge in [-0.2, -0.15) is 10.1 Å². The highest BCUT2D eigenvalue weighted by Gasteiger charge is 2.13. The van der Waals surface area contributed by atoms with Crippen LogP contribution in [0.5, 0.6) is 5.75 Å². The van der Waals surface area contributed by atoms with Gasteiger partial charge in [-0.1, -0.05) is 16.8 Å². The van der Waals surface area contributed by atoms with Gasteiger partial charge in [0, 0.05) is 28.9 Å². The summed E-state index contributed by atoms with van der Waals surface area (Å²) in [4.78, 5) is 4.37. The van der Waals surface area contributed by atoms with Crippen molar-refractivity contribution in [2.45, 2.75) is 20.4 Å². The number of rotatable bonds is 5. The van der Waals surface area contributed by atoms with Crippen LogP contribution in [-0.2, 0) is 6.54 Å². The van der Waals surface area contributed by atoms with Crippen molar-refractivity contribution < 1.29 is 9.26 Å². The second-order valence-electron chi connectivity index (χ2n) is 5.14. The Labute approximate surface area is 144 Å². The zero-order chi connectivity index (χ0) is 17.1. The number of halogens is 1. The van der Waals surface area contributed by atoms with Crippen molar-refractivity contribution in [1.82, 2.24) is 19.9 Å². The maximum atomic E-state index is 6.04. The Balaban J connectivity index is 1.87. The monoisotopic (exact) mass is 344 g/mol. The fourth-order valence-corrected chi connectivity index (χ4v) is 2.54. The van der Waals surface area contributed by atoms with Gasteiger partial charge in [0.25, 0.3) is 5.89 Å². The van der Waals surface area contributed by atoms with E-state index >= 15 is 0 Å². The van der Waals surface area contributed by atoms with E-state index in [1.807, 2.05) is 23.9 Å². The first-order chi connectivity index (χ1) is 11.6. The van der Waals surface area contributed by atoms with E-state index < -0.39 is 0 Å². The Morgan fingerprint density at radius 2 is 2.17 bits per heavy atom. The molecule has 0 amide bonds. The van der Waals surface area contributed by atoms with Crippen LogP contribution in [0.25, 0.3) is 23.5 Å². The minimum atomic E-state index is 0.399. The van der Waals surface area contributed by atoms with Crippen LogP contribution in [0.4, 0.5) is 0 Å². The molecule has 1 aromatic carbocycles. The molecule has 0 fully saturated rings. The highest BCUT2D eigenvalue weighted by atomic mass is 35.5. The summed E-state index contributed by atoms with van der Waals surface area (Å²) >= 11 is 6.04. The van der Waals surface area contributed by atoms with Gasteiger partial charge >= 0.3 is 0 Å². The summed E-state index contributed by atoms with van der Waals surface area (Å²) in [5.74, 6) is 1.46. The van der Waals surface area contributed by atoms with Crippen molar-refractivity contribution in [2.75, 3.05) is 7.11 Å². The minimum absolute atomic E-state index is 0.399. The minimum Gasteiger partial charge on any atom is -0.496 e. The summed E-state index contributed by atoms with van der Waals surface area (Å²) in [6.07, 6.45) is 5.48. The molecule has 0 radical (unpaired) electrons. The summed E-state index contributed by atoms with van der Waals surface area (Å²) in [5.41, 5.74) is 2.78. The predicted molar refractivity (Wildman–Crippen MR) is 92.9 cm³/mol. The Hall–Kier alpha value is -2.60. The van der Waals surface area contributed by atoms with Crippen molar-refractivity contribution in [3.05, 3.63) is 46.6 Å². The molecule has 0 N–H and O–H groups in total. The summed E-state index contributed by atoms with van der Waals surface area (Å²) in [7, 11) is 1.59. The number of nitrogens with zero attached hydrogens (tertiary/aromatic N) is 4. The highest BCUT2D eigenvalue weighted by Crippen LogP contribution is 2.30. The number of benzene rings is 1. The van der Waals surface area contributed by atoms with Crippen LogP contribution in [0.15, 0.2) is 28.9 Å². The third-order valence-corrected chi connectivity index (χ3v) is 3.93. The van der Waals surface area contributed by atoms with Crippen molar-refractivity contribution >= 4 is 23.8 Å². The second kappa shape index (κ2) is 6.88. The lowest BCUT2D eigenvalue weighted by Gasteiger charge is -2.04. The molecule has 7 heteroatoms. The van der Waals surface area contributed by atoms with E-state index in [4.69, 9.17) is 20.9 Å². The number of aryl methyl sites for hydroxylation is 1. The number of ether oxygens (including phenoxy) is 1. The predicted octanol–water partition coefficient (Wildman–Crippen LogP) is 4.09. The number of methoxy groups -OCH3 is 1. The molecule has 6 nitrogen and oxygen atoms in total. The van der Waals surface area contributed by atoms with Gasteiger partial charge in [-0.25, -0.2) is 0 Å². The summed E-state index contributed by atoms with van der Waals surface area (Å²) in [6.45, 7) is 4.90. The first-order valence-electron chi connectivity index (χ1n) is 7.50. The molecule has 2 heterocycles. The van der Waals surface area contributed by atoms with E-state index in [2.05, 4.69) is 22.2 Å². The van der Waals surface area contributed by atoms with E-state index in [1.165, 1.54) is 0 Å². The van der Waals surface area contributed by atoms with E-state index in [0.717, 1.165) is 17.8 Å². The van der Waals surface area contributed by atoms with Gasteiger partial charge in [0.05, 0.1) is 18.9 Å². The van der Waals surface area contributed by atoms with Crippen LogP contribution in [-0.4, -0.2) is 27.0 Å². The second-order valence-corrected chi connectivity index (χ2v) is 5.57. The average Bonchev–Trinajstić information content (AvgIpc) is 3.19. The molecular formula is C17H17ClN4O2. The standard InChI is InChI=1S/C17H17ClN4O2/c1-4-22-11(2)12(10-19-22)5-8-16-20-17(21-24-16)14-9-13(18)6-7-15(14)23-3/h5-10H,4H2,1-3H3/b8-5+. The third kappa shape index (κ3) is 3.19. The van der Waals surface area contributed by atoms with Gasteiger partial charge in [0.1, 0.15) is 5.75 Å². The summed E-state index contributed by atoms with van der Waals surface area (Å²) in [6, 6.07) is 5.26. The molecule has 2 aromatic heterocycles. The molecule has 0 unspecified atom stereocenters. The van der Waals surface area contributed by atoms with E-state index in [1.54, 1.807) is 31.4 Å². The van der Waals surface area contributed by atoms with Crippen LogP contribution in [0.1, 0.15) is 24.1 Å². The molecule has 3 rings (SSSR count). The largest absolute Gasteiger partial charge is 0.496 e. The van der Waals surface area contributed by atoms with Crippen molar-refractivity contribution in [2.24, 2.45) is 0 Å². The number of hydrogen-bond acceptors (Lipinski definition) is 5. The van der Waals surface area contributed by atoms with Crippen LogP contribution in [0.2, 0.25) is 5.02 Å². The molecule has 0 saturated heterocycles. The van der Waals surface area contributed by atoms with Crippen LogP contribution in [0, 0.1) is 6.92 Å². The molecule has 0 aliphatic carbocycles. The van der Waals surface area contributed by atoms with Crippen molar-refractivity contribution in [1.29, 1.82) is 0 Å². The van der Waals surface area contributed by atoms with Gasteiger partial charge in [0.15, 0.2) is 0 Å². The van der Waals surface area contributed by atoms with Gasteiger partial charge in [-0.15, -0.1) is 0 Å². The van der Waals surface area contributed by atoms with Crippen molar-refractivity contribution in [3.63, 3.8) is 0 Å². The van der Waals surface area contributed by atoms with E-state index in [-0.39, 0.29) is 0 Å². The van der Waals surface area contributed by atoms with Gasteiger partial charge in [0.2, 0.25) is 5.82 Å². The zero-order valence-corrected chi connectivity index (χ0v) is 14.4. The SMILES string of the molecule is CCn1ncc(/C=C/c2nc(-c3cc(Cl)ccc3OC)no2)c1C. The summed E-state index contributed by atoms with van der Waals surface area (Å²) < 4.78 is 12.5. The van der Waals surface area contributed by atoms with Gasteiger partial charge in [-0.05, 0) is 38.1 Å². The molecule has 0 saturated carbocycles. The summed E-state index contributed by atoms with van der Waals surface area (Å²) in [5, 5.41) is 8.87.